The molecule has 0 spiro atoms. The van der Waals surface area contributed by atoms with Gasteiger partial charge in [-0.3, -0.25) is 4.79 Å². The van der Waals surface area contributed by atoms with Gasteiger partial charge in [-0.15, -0.1) is 0 Å². The third-order valence-corrected chi connectivity index (χ3v) is 3.41. The number of hydrogen-bond donors (Lipinski definition) is 2. The Morgan fingerprint density at radius 2 is 1.90 bits per heavy atom. The van der Waals surface area contributed by atoms with Gasteiger partial charge in [0.1, 0.15) is 0 Å². The molecule has 3 heteroatoms. The van der Waals surface area contributed by atoms with Crippen molar-refractivity contribution in [2.45, 2.75) is 53.5 Å². The molecule has 0 aliphatic heterocycles. The predicted molar refractivity (Wildman–Crippen MR) is 86.3 cm³/mol. The molecule has 20 heavy (non-hydrogen) atoms. The molecule has 1 rings (SSSR count). The van der Waals surface area contributed by atoms with E-state index in [0.717, 1.165) is 36.2 Å². The number of anilines is 1. The number of rotatable bonds is 7. The normalized spacial score (nSPS) is 12.3. The average molecular weight is 276 g/mol. The summed E-state index contributed by atoms with van der Waals surface area (Å²) in [5, 5.41) is 6.34. The zero-order chi connectivity index (χ0) is 15.1. The van der Waals surface area contributed by atoms with Crippen molar-refractivity contribution in [3.8, 4) is 0 Å². The van der Waals surface area contributed by atoms with E-state index in [1.54, 1.807) is 0 Å². The molecule has 0 heterocycles. The molecule has 112 valence electrons. The van der Waals surface area contributed by atoms with Crippen molar-refractivity contribution in [3.63, 3.8) is 0 Å². The van der Waals surface area contributed by atoms with Gasteiger partial charge in [-0.25, -0.2) is 0 Å². The first-order valence-electron chi connectivity index (χ1n) is 7.59. The predicted octanol–water partition coefficient (Wildman–Crippen LogP) is 3.98. The minimum atomic E-state index is 0.0294. The van der Waals surface area contributed by atoms with Gasteiger partial charge in [-0.1, -0.05) is 13.8 Å². The van der Waals surface area contributed by atoms with Gasteiger partial charge < -0.3 is 10.6 Å². The van der Waals surface area contributed by atoms with E-state index in [9.17, 15) is 4.79 Å². The maximum Gasteiger partial charge on any atom is 0.251 e. The number of carbonyl (C=O) groups is 1. The van der Waals surface area contributed by atoms with E-state index in [0.29, 0.717) is 5.92 Å². The largest absolute Gasteiger partial charge is 0.385 e. The monoisotopic (exact) mass is 276 g/mol. The minimum absolute atomic E-state index is 0.0294. The number of carbonyl (C=O) groups excluding carboxylic acids is 1. The van der Waals surface area contributed by atoms with Crippen LogP contribution in [0.5, 0.6) is 0 Å². The van der Waals surface area contributed by atoms with Gasteiger partial charge >= 0.3 is 0 Å². The molecule has 0 aliphatic rings. The van der Waals surface area contributed by atoms with E-state index in [1.165, 1.54) is 0 Å². The van der Waals surface area contributed by atoms with Crippen molar-refractivity contribution in [2.24, 2.45) is 5.92 Å². The second kappa shape index (κ2) is 7.93. The first-order valence-corrected chi connectivity index (χ1v) is 7.59. The Labute approximate surface area is 123 Å². The Morgan fingerprint density at radius 3 is 2.45 bits per heavy atom. The van der Waals surface area contributed by atoms with Crippen LogP contribution < -0.4 is 10.6 Å². The molecular weight excluding hydrogens is 248 g/mol. The fourth-order valence-corrected chi connectivity index (χ4v) is 2.19. The molecule has 1 atom stereocenters. The van der Waals surface area contributed by atoms with Gasteiger partial charge in [0.2, 0.25) is 0 Å². The van der Waals surface area contributed by atoms with Gasteiger partial charge in [0.25, 0.3) is 5.91 Å². The molecule has 0 saturated carbocycles. The first kappa shape index (κ1) is 16.5. The van der Waals surface area contributed by atoms with E-state index in [-0.39, 0.29) is 11.9 Å². The highest BCUT2D eigenvalue weighted by molar-refractivity contribution is 5.96. The molecule has 1 aromatic carbocycles. The van der Waals surface area contributed by atoms with Crippen molar-refractivity contribution in [2.75, 3.05) is 11.9 Å². The van der Waals surface area contributed by atoms with Crippen LogP contribution in [0, 0.1) is 12.8 Å². The first-order chi connectivity index (χ1) is 9.43. The highest BCUT2D eigenvalue weighted by Crippen LogP contribution is 2.15. The molecule has 2 N–H and O–H groups in total. The van der Waals surface area contributed by atoms with Crippen molar-refractivity contribution < 1.29 is 4.79 Å². The summed E-state index contributed by atoms with van der Waals surface area (Å²) in [5.74, 6) is 0.706. The van der Waals surface area contributed by atoms with E-state index in [2.05, 4.69) is 38.3 Å². The second-order valence-electron chi connectivity index (χ2n) is 5.91. The summed E-state index contributed by atoms with van der Waals surface area (Å²) in [6, 6.07) is 6.11. The molecule has 1 amide bonds. The summed E-state index contributed by atoms with van der Waals surface area (Å²) < 4.78 is 0. The Hall–Kier alpha value is -1.51. The van der Waals surface area contributed by atoms with Crippen molar-refractivity contribution in [1.82, 2.24) is 5.32 Å². The van der Waals surface area contributed by atoms with Crippen LogP contribution in [0.15, 0.2) is 18.2 Å². The van der Waals surface area contributed by atoms with Gasteiger partial charge in [0.15, 0.2) is 0 Å². The third kappa shape index (κ3) is 5.24. The van der Waals surface area contributed by atoms with Gasteiger partial charge in [0, 0.05) is 23.8 Å². The van der Waals surface area contributed by atoms with Crippen LogP contribution in [0.1, 0.15) is 56.5 Å². The Bertz CT molecular complexity index is 441. The number of amides is 1. The summed E-state index contributed by atoms with van der Waals surface area (Å²) in [5.41, 5.74) is 2.84. The summed E-state index contributed by atoms with van der Waals surface area (Å²) in [7, 11) is 0. The zero-order valence-corrected chi connectivity index (χ0v) is 13.4. The van der Waals surface area contributed by atoms with Crippen molar-refractivity contribution in [1.29, 1.82) is 0 Å². The fraction of sp³-hybridized carbons (Fsp3) is 0.588. The molecular formula is C17H28N2O. The van der Waals surface area contributed by atoms with Crippen LogP contribution in [-0.2, 0) is 0 Å². The molecule has 0 fully saturated rings. The quantitative estimate of drug-likeness (QED) is 0.791. The standard InChI is InChI=1S/C17H28N2O/c1-6-18-15-9-10-16(13(4)11-15)17(20)19-14(5)8-7-12(2)3/h9-12,14,18H,6-8H2,1-5H3,(H,19,20). The summed E-state index contributed by atoms with van der Waals surface area (Å²) in [6.07, 6.45) is 2.16. The summed E-state index contributed by atoms with van der Waals surface area (Å²) in [4.78, 5) is 12.3. The van der Waals surface area contributed by atoms with Crippen molar-refractivity contribution >= 4 is 11.6 Å². The van der Waals surface area contributed by atoms with Crippen LogP contribution in [-0.4, -0.2) is 18.5 Å². The topological polar surface area (TPSA) is 41.1 Å². The van der Waals surface area contributed by atoms with E-state index in [1.807, 2.05) is 25.1 Å². The lowest BCUT2D eigenvalue weighted by Gasteiger charge is -2.16. The van der Waals surface area contributed by atoms with E-state index < -0.39 is 0 Å². The number of benzene rings is 1. The Balaban J connectivity index is 2.63. The molecule has 0 aliphatic carbocycles. The van der Waals surface area contributed by atoms with Crippen LogP contribution in [0.2, 0.25) is 0 Å². The number of aryl methyl sites for hydroxylation is 1. The maximum atomic E-state index is 12.3. The summed E-state index contributed by atoms with van der Waals surface area (Å²) in [6.45, 7) is 11.4. The Morgan fingerprint density at radius 1 is 1.20 bits per heavy atom. The second-order valence-corrected chi connectivity index (χ2v) is 5.91. The maximum absolute atomic E-state index is 12.3. The van der Waals surface area contributed by atoms with Crippen LogP contribution in [0.25, 0.3) is 0 Å². The smallest absolute Gasteiger partial charge is 0.251 e. The van der Waals surface area contributed by atoms with Gasteiger partial charge in [-0.05, 0) is 63.3 Å². The van der Waals surface area contributed by atoms with Crippen LogP contribution in [0.3, 0.4) is 0 Å². The molecule has 3 nitrogen and oxygen atoms in total. The van der Waals surface area contributed by atoms with Gasteiger partial charge in [0.05, 0.1) is 0 Å². The van der Waals surface area contributed by atoms with E-state index in [4.69, 9.17) is 0 Å². The van der Waals surface area contributed by atoms with Gasteiger partial charge in [-0.2, -0.15) is 0 Å². The van der Waals surface area contributed by atoms with E-state index >= 15 is 0 Å². The molecule has 1 aromatic rings. The Kier molecular flexibility index (Phi) is 6.56. The number of nitrogens with one attached hydrogen (secondary N) is 2. The lowest BCUT2D eigenvalue weighted by atomic mass is 10.0. The zero-order valence-electron chi connectivity index (χ0n) is 13.4. The minimum Gasteiger partial charge on any atom is -0.385 e. The van der Waals surface area contributed by atoms with Crippen LogP contribution >= 0.6 is 0 Å². The third-order valence-electron chi connectivity index (χ3n) is 3.41. The SMILES string of the molecule is CCNc1ccc(C(=O)NC(C)CCC(C)C)c(C)c1. The number of hydrogen-bond acceptors (Lipinski definition) is 2. The average Bonchev–Trinajstić information content (AvgIpc) is 2.36. The highest BCUT2D eigenvalue weighted by atomic mass is 16.1. The lowest BCUT2D eigenvalue weighted by Crippen LogP contribution is -2.33. The lowest BCUT2D eigenvalue weighted by molar-refractivity contribution is 0.0936. The van der Waals surface area contributed by atoms with Crippen LogP contribution in [0.4, 0.5) is 5.69 Å². The summed E-state index contributed by atoms with van der Waals surface area (Å²) >= 11 is 0. The molecule has 0 aromatic heterocycles. The molecule has 0 bridgehead atoms. The molecule has 1 unspecified atom stereocenters. The fourth-order valence-electron chi connectivity index (χ4n) is 2.19. The molecule has 0 radical (unpaired) electrons. The molecule has 0 saturated heterocycles. The van der Waals surface area contributed by atoms with Crippen molar-refractivity contribution in [3.05, 3.63) is 29.3 Å². The highest BCUT2D eigenvalue weighted by Gasteiger charge is 2.12.